The predicted molar refractivity (Wildman–Crippen MR) is 79.7 cm³/mol. The number of nitrogens with zero attached hydrogens (tertiary/aromatic N) is 3. The quantitative estimate of drug-likeness (QED) is 0.878. The molecule has 1 saturated heterocycles. The standard InChI is InChI=1S/C15H21N5/c1-20-10-17-13-12(20)4-7-16-14(13)19-11-3-8-18-15(9-11)5-2-6-15/h4,7,10-11,18H,2-3,5-6,8-9H2,1H3,(H,16,19). The Balaban J connectivity index is 1.58. The second-order valence-electron chi connectivity index (χ2n) is 6.28. The number of anilines is 1. The molecule has 1 unspecified atom stereocenters. The van der Waals surface area contributed by atoms with E-state index in [1.54, 1.807) is 0 Å². The van der Waals surface area contributed by atoms with Gasteiger partial charge in [0.25, 0.3) is 0 Å². The second-order valence-corrected chi connectivity index (χ2v) is 6.28. The molecule has 1 saturated carbocycles. The number of piperidine rings is 1. The molecule has 0 aromatic carbocycles. The third-order valence-electron chi connectivity index (χ3n) is 4.92. The van der Waals surface area contributed by atoms with Gasteiger partial charge in [0.05, 0.1) is 11.8 Å². The van der Waals surface area contributed by atoms with Crippen LogP contribution in [0.3, 0.4) is 0 Å². The highest BCUT2D eigenvalue weighted by molar-refractivity contribution is 5.85. The van der Waals surface area contributed by atoms with Crippen LogP contribution >= 0.6 is 0 Å². The first-order chi connectivity index (χ1) is 9.76. The summed E-state index contributed by atoms with van der Waals surface area (Å²) in [7, 11) is 2.02. The SMILES string of the molecule is Cn1cnc2c(NC3CCNC4(CCC4)C3)nccc21. The maximum Gasteiger partial charge on any atom is 0.154 e. The van der Waals surface area contributed by atoms with Crippen molar-refractivity contribution in [3.63, 3.8) is 0 Å². The van der Waals surface area contributed by atoms with Gasteiger partial charge < -0.3 is 15.2 Å². The second kappa shape index (κ2) is 4.45. The van der Waals surface area contributed by atoms with Crippen LogP contribution in [0.5, 0.6) is 0 Å². The number of pyridine rings is 1. The number of aryl methyl sites for hydroxylation is 1. The zero-order valence-electron chi connectivity index (χ0n) is 11.9. The molecule has 106 valence electrons. The normalized spacial score (nSPS) is 24.8. The summed E-state index contributed by atoms with van der Waals surface area (Å²) < 4.78 is 2.04. The molecule has 1 spiro atoms. The molecule has 2 aromatic rings. The Morgan fingerprint density at radius 3 is 3.10 bits per heavy atom. The summed E-state index contributed by atoms with van der Waals surface area (Å²) in [6.45, 7) is 1.11. The van der Waals surface area contributed by atoms with Gasteiger partial charge >= 0.3 is 0 Å². The van der Waals surface area contributed by atoms with Crippen molar-refractivity contribution in [2.45, 2.75) is 43.7 Å². The summed E-state index contributed by atoms with van der Waals surface area (Å²) in [5, 5.41) is 7.34. The van der Waals surface area contributed by atoms with Crippen molar-refractivity contribution >= 4 is 16.9 Å². The van der Waals surface area contributed by atoms with E-state index in [1.165, 1.54) is 25.7 Å². The predicted octanol–water partition coefficient (Wildman–Crippen LogP) is 2.05. The van der Waals surface area contributed by atoms with E-state index in [9.17, 15) is 0 Å². The Morgan fingerprint density at radius 2 is 2.30 bits per heavy atom. The minimum Gasteiger partial charge on any atom is -0.365 e. The fourth-order valence-electron chi connectivity index (χ4n) is 3.63. The molecule has 1 atom stereocenters. The first-order valence-electron chi connectivity index (χ1n) is 7.53. The molecule has 2 aromatic heterocycles. The molecule has 1 aliphatic heterocycles. The van der Waals surface area contributed by atoms with E-state index in [0.717, 1.165) is 29.8 Å². The Bertz CT molecular complexity index is 628. The zero-order valence-corrected chi connectivity index (χ0v) is 11.9. The molecule has 0 radical (unpaired) electrons. The van der Waals surface area contributed by atoms with Crippen molar-refractivity contribution in [2.75, 3.05) is 11.9 Å². The van der Waals surface area contributed by atoms with Crippen molar-refractivity contribution < 1.29 is 0 Å². The molecule has 1 aliphatic carbocycles. The molecule has 4 rings (SSSR count). The summed E-state index contributed by atoms with van der Waals surface area (Å²) in [5.41, 5.74) is 2.53. The highest BCUT2D eigenvalue weighted by Crippen LogP contribution is 2.39. The fourth-order valence-corrected chi connectivity index (χ4v) is 3.63. The van der Waals surface area contributed by atoms with Gasteiger partial charge in [-0.05, 0) is 44.7 Å². The number of imidazole rings is 1. The van der Waals surface area contributed by atoms with E-state index >= 15 is 0 Å². The lowest BCUT2D eigenvalue weighted by atomic mass is 9.70. The molecule has 5 nitrogen and oxygen atoms in total. The monoisotopic (exact) mass is 271 g/mol. The Morgan fingerprint density at radius 1 is 1.40 bits per heavy atom. The minimum atomic E-state index is 0.411. The fraction of sp³-hybridized carbons (Fsp3) is 0.600. The van der Waals surface area contributed by atoms with Crippen LogP contribution < -0.4 is 10.6 Å². The molecular weight excluding hydrogens is 250 g/mol. The number of aromatic nitrogens is 3. The van der Waals surface area contributed by atoms with E-state index in [-0.39, 0.29) is 0 Å². The van der Waals surface area contributed by atoms with E-state index < -0.39 is 0 Å². The van der Waals surface area contributed by atoms with Crippen molar-refractivity contribution in [1.29, 1.82) is 0 Å². The van der Waals surface area contributed by atoms with Crippen LogP contribution in [0.15, 0.2) is 18.6 Å². The lowest BCUT2D eigenvalue weighted by Gasteiger charge is -2.48. The maximum absolute atomic E-state index is 4.50. The van der Waals surface area contributed by atoms with Crippen molar-refractivity contribution in [3.8, 4) is 0 Å². The first kappa shape index (κ1) is 12.1. The number of fused-ring (bicyclic) bond motifs is 1. The van der Waals surface area contributed by atoms with Gasteiger partial charge in [-0.1, -0.05) is 0 Å². The summed E-state index contributed by atoms with van der Waals surface area (Å²) in [6, 6.07) is 2.53. The smallest absolute Gasteiger partial charge is 0.154 e. The molecule has 2 N–H and O–H groups in total. The van der Waals surface area contributed by atoms with E-state index in [0.29, 0.717) is 11.6 Å². The minimum absolute atomic E-state index is 0.411. The van der Waals surface area contributed by atoms with Gasteiger partial charge in [-0.2, -0.15) is 0 Å². The topological polar surface area (TPSA) is 54.8 Å². The largest absolute Gasteiger partial charge is 0.365 e. The van der Waals surface area contributed by atoms with Crippen LogP contribution in [-0.4, -0.2) is 32.7 Å². The average Bonchev–Trinajstić information content (AvgIpc) is 2.81. The van der Waals surface area contributed by atoms with Crippen LogP contribution in [-0.2, 0) is 7.05 Å². The van der Waals surface area contributed by atoms with Crippen molar-refractivity contribution in [1.82, 2.24) is 19.9 Å². The summed E-state index contributed by atoms with van der Waals surface area (Å²) in [5.74, 6) is 0.935. The third kappa shape index (κ3) is 1.88. The van der Waals surface area contributed by atoms with Crippen LogP contribution in [0.1, 0.15) is 32.1 Å². The number of hydrogen-bond acceptors (Lipinski definition) is 4. The third-order valence-corrected chi connectivity index (χ3v) is 4.92. The molecule has 20 heavy (non-hydrogen) atoms. The van der Waals surface area contributed by atoms with Crippen LogP contribution in [0.25, 0.3) is 11.0 Å². The maximum atomic E-state index is 4.50. The summed E-state index contributed by atoms with van der Waals surface area (Å²) in [4.78, 5) is 8.98. The molecule has 2 aliphatic rings. The lowest BCUT2D eigenvalue weighted by molar-refractivity contribution is 0.135. The highest BCUT2D eigenvalue weighted by atomic mass is 15.1. The Kier molecular flexibility index (Phi) is 2.70. The average molecular weight is 271 g/mol. The van der Waals surface area contributed by atoms with Crippen LogP contribution in [0.4, 0.5) is 5.82 Å². The van der Waals surface area contributed by atoms with Gasteiger partial charge in [0, 0.05) is 24.8 Å². The summed E-state index contributed by atoms with van der Waals surface area (Å²) in [6.07, 6.45) is 10.1. The number of nitrogens with one attached hydrogen (secondary N) is 2. The first-order valence-corrected chi connectivity index (χ1v) is 7.53. The Hall–Kier alpha value is -1.62. The van der Waals surface area contributed by atoms with Gasteiger partial charge in [-0.3, -0.25) is 0 Å². The van der Waals surface area contributed by atoms with E-state index in [4.69, 9.17) is 0 Å². The van der Waals surface area contributed by atoms with Crippen molar-refractivity contribution in [3.05, 3.63) is 18.6 Å². The Labute approximate surface area is 118 Å². The van der Waals surface area contributed by atoms with Gasteiger partial charge in [-0.15, -0.1) is 0 Å². The number of rotatable bonds is 2. The molecule has 0 bridgehead atoms. The van der Waals surface area contributed by atoms with Gasteiger partial charge in [-0.25, -0.2) is 9.97 Å². The van der Waals surface area contributed by atoms with Crippen molar-refractivity contribution in [2.24, 2.45) is 7.05 Å². The zero-order chi connectivity index (χ0) is 13.6. The molecule has 5 heteroatoms. The lowest BCUT2D eigenvalue weighted by Crippen LogP contribution is -2.58. The molecule has 3 heterocycles. The number of hydrogen-bond donors (Lipinski definition) is 2. The molecular formula is C15H21N5. The van der Waals surface area contributed by atoms with Gasteiger partial charge in [0.15, 0.2) is 5.82 Å². The van der Waals surface area contributed by atoms with E-state index in [2.05, 4.69) is 20.6 Å². The van der Waals surface area contributed by atoms with Crippen LogP contribution in [0.2, 0.25) is 0 Å². The van der Waals surface area contributed by atoms with Crippen LogP contribution in [0, 0.1) is 0 Å². The van der Waals surface area contributed by atoms with Gasteiger partial charge in [0.2, 0.25) is 0 Å². The van der Waals surface area contributed by atoms with Gasteiger partial charge in [0.1, 0.15) is 5.52 Å². The van der Waals surface area contributed by atoms with E-state index in [1.807, 2.05) is 30.2 Å². The summed E-state index contributed by atoms with van der Waals surface area (Å²) >= 11 is 0. The molecule has 0 amide bonds. The highest BCUT2D eigenvalue weighted by Gasteiger charge is 2.40. The molecule has 2 fully saturated rings.